The van der Waals surface area contributed by atoms with Crippen molar-refractivity contribution in [3.8, 4) is 5.75 Å². The molecule has 23 heavy (non-hydrogen) atoms. The highest BCUT2D eigenvalue weighted by molar-refractivity contribution is 7.98. The fourth-order valence-electron chi connectivity index (χ4n) is 1.88. The molecular formula is C16H14ClN2O3S-. The lowest BCUT2D eigenvalue weighted by Crippen LogP contribution is -2.02. The second-order valence-electron chi connectivity index (χ2n) is 4.67. The van der Waals surface area contributed by atoms with Crippen LogP contribution in [0.1, 0.15) is 11.1 Å². The normalized spacial score (nSPS) is 11.0. The summed E-state index contributed by atoms with van der Waals surface area (Å²) >= 11 is 7.52. The molecule has 0 spiro atoms. The molecule has 120 valence electrons. The minimum Gasteiger partial charge on any atom is -0.867 e. The van der Waals surface area contributed by atoms with Crippen LogP contribution >= 0.6 is 23.4 Å². The second-order valence-corrected chi connectivity index (χ2v) is 6.22. The summed E-state index contributed by atoms with van der Waals surface area (Å²) in [6.45, 7) is 0.525. The molecule has 2 rings (SSSR count). The summed E-state index contributed by atoms with van der Waals surface area (Å²) in [6, 6.07) is 12.5. The van der Waals surface area contributed by atoms with Gasteiger partial charge in [0.2, 0.25) is 0 Å². The van der Waals surface area contributed by atoms with Crippen molar-refractivity contribution in [3.05, 3.63) is 68.7 Å². The van der Waals surface area contributed by atoms with E-state index in [9.17, 15) is 15.2 Å². The van der Waals surface area contributed by atoms with E-state index in [1.807, 2.05) is 18.2 Å². The molecule has 0 saturated heterocycles. The number of hydrogen-bond acceptors (Lipinski definition) is 5. The second kappa shape index (κ2) is 8.55. The fourth-order valence-corrected chi connectivity index (χ4v) is 2.90. The van der Waals surface area contributed by atoms with E-state index in [1.54, 1.807) is 11.8 Å². The quantitative estimate of drug-likeness (QED) is 0.330. The van der Waals surface area contributed by atoms with Gasteiger partial charge in [-0.15, -0.1) is 0 Å². The van der Waals surface area contributed by atoms with E-state index in [2.05, 4.69) is 17.1 Å². The summed E-state index contributed by atoms with van der Waals surface area (Å²) in [5.41, 5.74) is 0.850. The lowest BCUT2D eigenvalue weighted by Gasteiger charge is -2.10. The van der Waals surface area contributed by atoms with E-state index in [4.69, 9.17) is 11.6 Å². The zero-order chi connectivity index (χ0) is 16.7. The van der Waals surface area contributed by atoms with Gasteiger partial charge in [-0.2, -0.15) is 11.8 Å². The molecular weight excluding hydrogens is 336 g/mol. The molecule has 0 heterocycles. The first-order valence-electron chi connectivity index (χ1n) is 6.84. The molecule has 0 aliphatic carbocycles. The molecule has 0 aliphatic heterocycles. The maximum atomic E-state index is 11.9. The van der Waals surface area contributed by atoms with E-state index in [-0.39, 0.29) is 10.6 Å². The Bertz CT molecular complexity index is 708. The van der Waals surface area contributed by atoms with Crippen LogP contribution in [-0.2, 0) is 5.75 Å². The Hall–Kier alpha value is -2.05. The number of aliphatic imine (C=N–C) groups is 1. The third-order valence-electron chi connectivity index (χ3n) is 2.97. The van der Waals surface area contributed by atoms with Gasteiger partial charge in [-0.3, -0.25) is 15.1 Å². The molecule has 0 fully saturated rings. The number of hydrogen-bond donors (Lipinski definition) is 0. The molecule has 0 saturated carbocycles. The summed E-state index contributed by atoms with van der Waals surface area (Å²) in [4.78, 5) is 14.2. The SMILES string of the molecule is O=[N+]([O-])c1cc(Cl)cc(C=NCCSCc2ccccc2)c1[O-]. The average Bonchev–Trinajstić information content (AvgIpc) is 2.54. The zero-order valence-electron chi connectivity index (χ0n) is 12.1. The van der Waals surface area contributed by atoms with Crippen molar-refractivity contribution in [2.75, 3.05) is 12.3 Å². The highest BCUT2D eigenvalue weighted by atomic mass is 35.5. The van der Waals surface area contributed by atoms with Gasteiger partial charge in [0.1, 0.15) is 0 Å². The van der Waals surface area contributed by atoms with Gasteiger partial charge < -0.3 is 5.11 Å². The topological polar surface area (TPSA) is 78.6 Å². The molecule has 7 heteroatoms. The first kappa shape index (κ1) is 17.3. The largest absolute Gasteiger partial charge is 0.867 e. The van der Waals surface area contributed by atoms with Crippen LogP contribution in [0.15, 0.2) is 47.5 Å². The van der Waals surface area contributed by atoms with Crippen molar-refractivity contribution in [1.82, 2.24) is 0 Å². The summed E-state index contributed by atoms with van der Waals surface area (Å²) < 4.78 is 0. The van der Waals surface area contributed by atoms with Crippen molar-refractivity contribution >= 4 is 35.3 Å². The number of halogens is 1. The first-order valence-corrected chi connectivity index (χ1v) is 8.37. The van der Waals surface area contributed by atoms with E-state index in [0.29, 0.717) is 6.54 Å². The van der Waals surface area contributed by atoms with Gasteiger partial charge in [0.15, 0.2) is 0 Å². The molecule has 0 unspecified atom stereocenters. The Kier molecular flexibility index (Phi) is 6.43. The van der Waals surface area contributed by atoms with Crippen LogP contribution in [0.25, 0.3) is 0 Å². The minimum absolute atomic E-state index is 0.136. The van der Waals surface area contributed by atoms with E-state index >= 15 is 0 Å². The van der Waals surface area contributed by atoms with E-state index in [1.165, 1.54) is 17.8 Å². The Morgan fingerprint density at radius 2 is 2.00 bits per heavy atom. The number of nitro benzene ring substituents is 1. The first-order chi connectivity index (χ1) is 11.1. The molecule has 5 nitrogen and oxygen atoms in total. The Labute approximate surface area is 143 Å². The van der Waals surface area contributed by atoms with Crippen LogP contribution < -0.4 is 5.11 Å². The highest BCUT2D eigenvalue weighted by Gasteiger charge is 2.11. The monoisotopic (exact) mass is 349 g/mol. The van der Waals surface area contributed by atoms with Crippen LogP contribution in [0, 0.1) is 10.1 Å². The third-order valence-corrected chi connectivity index (χ3v) is 4.19. The van der Waals surface area contributed by atoms with Gasteiger partial charge in [0.05, 0.1) is 4.92 Å². The van der Waals surface area contributed by atoms with Crippen molar-refractivity contribution in [3.63, 3.8) is 0 Å². The molecule has 0 N–H and O–H groups in total. The van der Waals surface area contributed by atoms with Crippen LogP contribution in [0.2, 0.25) is 5.02 Å². The minimum atomic E-state index is -0.735. The Balaban J connectivity index is 1.87. The van der Waals surface area contributed by atoms with Gasteiger partial charge >= 0.3 is 0 Å². The predicted molar refractivity (Wildman–Crippen MR) is 92.6 cm³/mol. The van der Waals surface area contributed by atoms with Gasteiger partial charge in [-0.25, -0.2) is 0 Å². The molecule has 0 radical (unpaired) electrons. The summed E-state index contributed by atoms with van der Waals surface area (Å²) in [6.07, 6.45) is 1.35. The summed E-state index contributed by atoms with van der Waals surface area (Å²) in [5.74, 6) is 1.02. The average molecular weight is 350 g/mol. The third kappa shape index (κ3) is 5.26. The van der Waals surface area contributed by atoms with Crippen molar-refractivity contribution < 1.29 is 10.0 Å². The number of nitro groups is 1. The Morgan fingerprint density at radius 3 is 2.70 bits per heavy atom. The van der Waals surface area contributed by atoms with Crippen LogP contribution in [0.4, 0.5) is 5.69 Å². The standard InChI is InChI=1S/C16H15ClN2O3S/c17-14-8-13(16(20)15(9-14)19(21)22)10-18-6-7-23-11-12-4-2-1-3-5-12/h1-5,8-10,20H,6-7,11H2/p-1. The number of thioether (sulfide) groups is 1. The van der Waals surface area contributed by atoms with E-state index < -0.39 is 16.4 Å². The fraction of sp³-hybridized carbons (Fsp3) is 0.188. The maximum absolute atomic E-state index is 11.9. The lowest BCUT2D eigenvalue weighted by atomic mass is 10.2. The van der Waals surface area contributed by atoms with Gasteiger partial charge in [-0.1, -0.05) is 41.9 Å². The van der Waals surface area contributed by atoms with Crippen molar-refractivity contribution in [2.45, 2.75) is 5.75 Å². The molecule has 0 bridgehead atoms. The van der Waals surface area contributed by atoms with Gasteiger partial charge in [-0.05, 0) is 22.9 Å². The van der Waals surface area contributed by atoms with Crippen LogP contribution in [-0.4, -0.2) is 23.4 Å². The van der Waals surface area contributed by atoms with Gasteiger partial charge in [0, 0.05) is 35.4 Å². The molecule has 2 aromatic rings. The summed E-state index contributed by atoms with van der Waals surface area (Å²) in [7, 11) is 0. The van der Waals surface area contributed by atoms with Crippen LogP contribution in [0.5, 0.6) is 5.75 Å². The Morgan fingerprint density at radius 1 is 1.26 bits per heavy atom. The van der Waals surface area contributed by atoms with Crippen molar-refractivity contribution in [2.24, 2.45) is 4.99 Å². The number of rotatable bonds is 7. The molecule has 0 amide bonds. The maximum Gasteiger partial charge on any atom is 0.263 e. The lowest BCUT2D eigenvalue weighted by molar-refractivity contribution is -0.398. The number of benzene rings is 2. The molecule has 0 aliphatic rings. The van der Waals surface area contributed by atoms with E-state index in [0.717, 1.165) is 17.6 Å². The zero-order valence-corrected chi connectivity index (χ0v) is 13.7. The van der Waals surface area contributed by atoms with Crippen LogP contribution in [0.3, 0.4) is 0 Å². The predicted octanol–water partition coefficient (Wildman–Crippen LogP) is 3.67. The summed E-state index contributed by atoms with van der Waals surface area (Å²) in [5, 5.41) is 22.8. The smallest absolute Gasteiger partial charge is 0.263 e. The molecule has 2 aromatic carbocycles. The highest BCUT2D eigenvalue weighted by Crippen LogP contribution is 2.29. The number of nitrogens with zero attached hydrogens (tertiary/aromatic N) is 2. The van der Waals surface area contributed by atoms with Crippen molar-refractivity contribution in [1.29, 1.82) is 0 Å². The molecule has 0 aromatic heterocycles. The van der Waals surface area contributed by atoms with Gasteiger partial charge in [0.25, 0.3) is 5.69 Å². The molecule has 0 atom stereocenters.